The third-order valence-electron chi connectivity index (χ3n) is 3.09. The first-order valence-electron chi connectivity index (χ1n) is 6.82. The third kappa shape index (κ3) is 4.12. The number of benzene rings is 1. The van der Waals surface area contributed by atoms with Gasteiger partial charge in [0.1, 0.15) is 0 Å². The molecule has 0 spiro atoms. The Balaban J connectivity index is 3.23. The summed E-state index contributed by atoms with van der Waals surface area (Å²) in [6, 6.07) is 3.31. The van der Waals surface area contributed by atoms with Gasteiger partial charge in [-0.15, -0.1) is 0 Å². The summed E-state index contributed by atoms with van der Waals surface area (Å²) in [5.74, 6) is -0.259. The molecule has 1 aromatic carbocycles. The largest absolute Gasteiger partial charge is 0.418 e. The maximum Gasteiger partial charge on any atom is 0.418 e. The van der Waals surface area contributed by atoms with Gasteiger partial charge in [-0.25, -0.2) is 0 Å². The number of hydrogen-bond acceptors (Lipinski definition) is 2. The topological polar surface area (TPSA) is 46.3 Å². The number of nitrogens with zero attached hydrogens (tertiary/aromatic N) is 1. The third-order valence-corrected chi connectivity index (χ3v) is 3.09. The van der Waals surface area contributed by atoms with Crippen LogP contribution < -0.4 is 5.73 Å². The predicted octanol–water partition coefficient (Wildman–Crippen LogP) is 3.79. The van der Waals surface area contributed by atoms with Crippen LogP contribution in [0.4, 0.5) is 18.9 Å². The number of carbonyl (C=O) groups is 1. The van der Waals surface area contributed by atoms with E-state index in [4.69, 9.17) is 5.73 Å². The molecule has 0 saturated heterocycles. The van der Waals surface area contributed by atoms with Gasteiger partial charge in [0.2, 0.25) is 0 Å². The average molecular weight is 302 g/mol. The van der Waals surface area contributed by atoms with Gasteiger partial charge in [0.05, 0.1) is 16.8 Å². The van der Waals surface area contributed by atoms with Crippen molar-refractivity contribution in [1.82, 2.24) is 4.90 Å². The van der Waals surface area contributed by atoms with Gasteiger partial charge < -0.3 is 10.6 Å². The summed E-state index contributed by atoms with van der Waals surface area (Å²) in [6.45, 7) is 8.00. The quantitative estimate of drug-likeness (QED) is 0.860. The molecule has 1 rings (SSSR count). The molecule has 1 aromatic rings. The van der Waals surface area contributed by atoms with E-state index in [-0.39, 0.29) is 17.5 Å². The Bertz CT molecular complexity index is 510. The van der Waals surface area contributed by atoms with Crippen molar-refractivity contribution < 1.29 is 18.0 Å². The molecule has 1 amide bonds. The Hall–Kier alpha value is -1.72. The fourth-order valence-electron chi connectivity index (χ4n) is 2.08. The molecule has 0 radical (unpaired) electrons. The maximum atomic E-state index is 12.9. The summed E-state index contributed by atoms with van der Waals surface area (Å²) >= 11 is 0. The van der Waals surface area contributed by atoms with E-state index >= 15 is 0 Å². The van der Waals surface area contributed by atoms with E-state index in [0.29, 0.717) is 6.54 Å². The molecule has 21 heavy (non-hydrogen) atoms. The van der Waals surface area contributed by atoms with Crippen molar-refractivity contribution in [3.8, 4) is 0 Å². The lowest BCUT2D eigenvalue weighted by Crippen LogP contribution is -2.40. The summed E-state index contributed by atoms with van der Waals surface area (Å²) in [4.78, 5) is 14.0. The van der Waals surface area contributed by atoms with Gasteiger partial charge in [0.25, 0.3) is 5.91 Å². The first-order chi connectivity index (χ1) is 9.55. The summed E-state index contributed by atoms with van der Waals surface area (Å²) in [5.41, 5.74) is 3.99. The lowest BCUT2D eigenvalue weighted by molar-refractivity contribution is -0.136. The number of anilines is 1. The first kappa shape index (κ1) is 17.3. The number of alkyl halides is 3. The highest BCUT2D eigenvalue weighted by atomic mass is 19.4. The summed E-state index contributed by atoms with van der Waals surface area (Å²) in [7, 11) is 0. The molecule has 0 atom stereocenters. The van der Waals surface area contributed by atoms with Gasteiger partial charge in [0.15, 0.2) is 0 Å². The van der Waals surface area contributed by atoms with Crippen LogP contribution in [0.3, 0.4) is 0 Å². The molecule has 0 aliphatic rings. The van der Waals surface area contributed by atoms with Crippen LogP contribution in [-0.2, 0) is 6.18 Å². The fourth-order valence-corrected chi connectivity index (χ4v) is 2.08. The maximum absolute atomic E-state index is 12.9. The molecular weight excluding hydrogens is 281 g/mol. The first-order valence-corrected chi connectivity index (χ1v) is 6.82. The Kier molecular flexibility index (Phi) is 5.25. The number of nitrogen functional groups attached to an aromatic ring is 1. The molecule has 0 unspecified atom stereocenters. The molecule has 0 fully saturated rings. The zero-order chi connectivity index (χ0) is 16.4. The minimum absolute atomic E-state index is 0.0980. The van der Waals surface area contributed by atoms with Crippen molar-refractivity contribution >= 4 is 11.6 Å². The molecule has 2 N–H and O–H groups in total. The van der Waals surface area contributed by atoms with Crippen molar-refractivity contribution in [2.24, 2.45) is 5.92 Å². The van der Waals surface area contributed by atoms with Gasteiger partial charge in [-0.2, -0.15) is 13.2 Å². The van der Waals surface area contributed by atoms with Gasteiger partial charge in [-0.1, -0.05) is 19.9 Å². The fraction of sp³-hybridized carbons (Fsp3) is 0.533. The van der Waals surface area contributed by atoms with Crippen molar-refractivity contribution in [2.75, 3.05) is 12.3 Å². The van der Waals surface area contributed by atoms with E-state index in [1.165, 1.54) is 17.0 Å². The highest BCUT2D eigenvalue weighted by Crippen LogP contribution is 2.35. The number of nitrogens with two attached hydrogens (primary N) is 1. The average Bonchev–Trinajstić information content (AvgIpc) is 2.33. The molecule has 6 heteroatoms. The normalized spacial score (nSPS) is 12.0. The molecule has 0 aliphatic heterocycles. The standard InChI is InChI=1S/C15H21F3N2O/c1-9(2)8-20(10(3)4)14(21)11-6-5-7-12(13(11)19)15(16,17)18/h5-7,9-10H,8,19H2,1-4H3. The Labute approximate surface area is 122 Å². The summed E-state index contributed by atoms with van der Waals surface area (Å²) in [5, 5.41) is 0. The van der Waals surface area contributed by atoms with E-state index in [1.54, 1.807) is 0 Å². The lowest BCUT2D eigenvalue weighted by atomic mass is 10.0. The van der Waals surface area contributed by atoms with Gasteiger partial charge in [0, 0.05) is 12.6 Å². The minimum Gasteiger partial charge on any atom is -0.398 e. The number of para-hydroxylation sites is 1. The number of amides is 1. The molecule has 0 aromatic heterocycles. The highest BCUT2D eigenvalue weighted by Gasteiger charge is 2.35. The van der Waals surface area contributed by atoms with Gasteiger partial charge in [-0.05, 0) is 31.9 Å². The van der Waals surface area contributed by atoms with Crippen LogP contribution in [0.2, 0.25) is 0 Å². The second-order valence-electron chi connectivity index (χ2n) is 5.71. The SMILES string of the molecule is CC(C)CN(C(=O)c1cccc(C(F)(F)F)c1N)C(C)C. The predicted molar refractivity (Wildman–Crippen MR) is 76.9 cm³/mol. The van der Waals surface area contributed by atoms with Gasteiger partial charge >= 0.3 is 6.18 Å². The molecule has 0 aliphatic carbocycles. The molecule has 3 nitrogen and oxygen atoms in total. The van der Waals surface area contributed by atoms with E-state index in [2.05, 4.69) is 0 Å². The molecule has 0 saturated carbocycles. The second-order valence-corrected chi connectivity index (χ2v) is 5.71. The van der Waals surface area contributed by atoms with Crippen LogP contribution >= 0.6 is 0 Å². The number of hydrogen-bond donors (Lipinski definition) is 1. The number of carbonyl (C=O) groups excluding carboxylic acids is 1. The Morgan fingerprint density at radius 1 is 1.24 bits per heavy atom. The van der Waals surface area contributed by atoms with Crippen molar-refractivity contribution in [2.45, 2.75) is 39.9 Å². The molecule has 0 bridgehead atoms. The zero-order valence-electron chi connectivity index (χ0n) is 12.7. The van der Waals surface area contributed by atoms with E-state index in [9.17, 15) is 18.0 Å². The smallest absolute Gasteiger partial charge is 0.398 e. The molecular formula is C15H21F3N2O. The van der Waals surface area contributed by atoms with E-state index in [0.717, 1.165) is 6.07 Å². The van der Waals surface area contributed by atoms with E-state index in [1.807, 2.05) is 27.7 Å². The zero-order valence-corrected chi connectivity index (χ0v) is 12.7. The summed E-state index contributed by atoms with van der Waals surface area (Å²) < 4.78 is 38.6. The lowest BCUT2D eigenvalue weighted by Gasteiger charge is -2.29. The van der Waals surface area contributed by atoms with Crippen LogP contribution in [0.5, 0.6) is 0 Å². The van der Waals surface area contributed by atoms with Gasteiger partial charge in [-0.3, -0.25) is 4.79 Å². The Morgan fingerprint density at radius 3 is 2.24 bits per heavy atom. The van der Waals surface area contributed by atoms with Crippen molar-refractivity contribution in [3.63, 3.8) is 0 Å². The summed E-state index contributed by atoms with van der Waals surface area (Å²) in [6.07, 6.45) is -4.57. The Morgan fingerprint density at radius 2 is 1.81 bits per heavy atom. The van der Waals surface area contributed by atoms with Crippen LogP contribution in [0.25, 0.3) is 0 Å². The highest BCUT2D eigenvalue weighted by molar-refractivity contribution is 6.00. The van der Waals surface area contributed by atoms with Crippen molar-refractivity contribution in [3.05, 3.63) is 29.3 Å². The van der Waals surface area contributed by atoms with Crippen molar-refractivity contribution in [1.29, 1.82) is 0 Å². The van der Waals surface area contributed by atoms with Crippen LogP contribution in [-0.4, -0.2) is 23.4 Å². The van der Waals surface area contributed by atoms with Crippen LogP contribution in [0, 0.1) is 5.92 Å². The van der Waals surface area contributed by atoms with Crippen LogP contribution in [0.1, 0.15) is 43.6 Å². The van der Waals surface area contributed by atoms with Crippen LogP contribution in [0.15, 0.2) is 18.2 Å². The monoisotopic (exact) mass is 302 g/mol. The second kappa shape index (κ2) is 6.37. The molecule has 0 heterocycles. The number of rotatable bonds is 4. The number of halogens is 3. The minimum atomic E-state index is -4.57. The molecule has 118 valence electrons. The van der Waals surface area contributed by atoms with E-state index < -0.39 is 23.3 Å².